The molecular formula is C22H33N5O8. The molecule has 0 bridgehead atoms. The summed E-state index contributed by atoms with van der Waals surface area (Å²) in [5, 5.41) is 34.6. The molecule has 13 heteroatoms. The molecule has 0 saturated heterocycles. The molecule has 13 nitrogen and oxygen atoms in total. The third-order valence-corrected chi connectivity index (χ3v) is 5.02. The quantitative estimate of drug-likeness (QED) is 0.114. The molecule has 0 saturated carbocycles. The Morgan fingerprint density at radius 1 is 0.829 bits per heavy atom. The van der Waals surface area contributed by atoms with Crippen molar-refractivity contribution in [3.63, 3.8) is 0 Å². The van der Waals surface area contributed by atoms with Gasteiger partial charge >= 0.3 is 11.9 Å². The highest BCUT2D eigenvalue weighted by atomic mass is 16.4. The van der Waals surface area contributed by atoms with Crippen LogP contribution < -0.4 is 27.4 Å². The molecular weight excluding hydrogens is 462 g/mol. The number of carbonyl (C=O) groups excluding carboxylic acids is 3. The molecule has 3 amide bonds. The number of aliphatic hydroxyl groups is 1. The lowest BCUT2D eigenvalue weighted by Crippen LogP contribution is -2.58. The van der Waals surface area contributed by atoms with E-state index in [0.29, 0.717) is 24.9 Å². The van der Waals surface area contributed by atoms with Crippen LogP contribution in [0.5, 0.6) is 0 Å². The highest BCUT2D eigenvalue weighted by Crippen LogP contribution is 2.07. The van der Waals surface area contributed by atoms with E-state index in [0.717, 1.165) is 0 Å². The second-order valence-electron chi connectivity index (χ2n) is 7.88. The lowest BCUT2D eigenvalue weighted by molar-refractivity contribution is -0.143. The number of benzene rings is 1. The van der Waals surface area contributed by atoms with Crippen LogP contribution in [-0.4, -0.2) is 82.3 Å². The minimum Gasteiger partial charge on any atom is -0.481 e. The number of nitrogens with two attached hydrogens (primary N) is 2. The first-order valence-corrected chi connectivity index (χ1v) is 11.0. The number of rotatable bonds is 16. The zero-order chi connectivity index (χ0) is 26.4. The highest BCUT2D eigenvalue weighted by molar-refractivity contribution is 5.95. The van der Waals surface area contributed by atoms with Crippen molar-refractivity contribution in [1.29, 1.82) is 0 Å². The summed E-state index contributed by atoms with van der Waals surface area (Å²) >= 11 is 0. The minimum absolute atomic E-state index is 0.0190. The van der Waals surface area contributed by atoms with Crippen molar-refractivity contribution in [3.8, 4) is 0 Å². The van der Waals surface area contributed by atoms with Crippen LogP contribution in [0.4, 0.5) is 0 Å². The van der Waals surface area contributed by atoms with Crippen LogP contribution in [0.15, 0.2) is 30.3 Å². The van der Waals surface area contributed by atoms with Gasteiger partial charge in [-0.15, -0.1) is 0 Å². The Labute approximate surface area is 202 Å². The van der Waals surface area contributed by atoms with E-state index in [1.165, 1.54) is 0 Å². The van der Waals surface area contributed by atoms with Crippen molar-refractivity contribution in [3.05, 3.63) is 35.9 Å². The first kappa shape index (κ1) is 29.5. The molecule has 0 aliphatic rings. The SMILES string of the molecule is NCCCCC(NC(=O)C(CC(=O)O)NC(=O)C(Cc1ccccc1)NC(=O)C(N)CO)C(=O)O. The molecule has 4 atom stereocenters. The summed E-state index contributed by atoms with van der Waals surface area (Å²) < 4.78 is 0. The maximum absolute atomic E-state index is 13.0. The molecule has 1 rings (SSSR count). The minimum atomic E-state index is -1.61. The van der Waals surface area contributed by atoms with E-state index in [2.05, 4.69) is 16.0 Å². The fourth-order valence-corrected chi connectivity index (χ4v) is 3.10. The molecule has 0 fully saturated rings. The monoisotopic (exact) mass is 495 g/mol. The van der Waals surface area contributed by atoms with E-state index in [-0.39, 0.29) is 12.8 Å². The third-order valence-electron chi connectivity index (χ3n) is 5.02. The van der Waals surface area contributed by atoms with Gasteiger partial charge in [0, 0.05) is 6.42 Å². The standard InChI is InChI=1S/C22H33N5O8/c23-9-5-4-8-15(22(34)35)25-21(33)17(11-18(29)30)27-20(32)16(26-19(31)14(24)12-28)10-13-6-2-1-3-7-13/h1-3,6-7,14-17,28H,4-5,8-12,23-24H2,(H,25,33)(H,26,31)(H,27,32)(H,29,30)(H,34,35). The van der Waals surface area contributed by atoms with E-state index in [1.54, 1.807) is 30.3 Å². The van der Waals surface area contributed by atoms with Gasteiger partial charge < -0.3 is 42.7 Å². The molecule has 0 radical (unpaired) electrons. The van der Waals surface area contributed by atoms with Crippen molar-refractivity contribution in [2.45, 2.75) is 56.3 Å². The Hall–Kier alpha value is -3.55. The van der Waals surface area contributed by atoms with Crippen molar-refractivity contribution >= 4 is 29.7 Å². The predicted octanol–water partition coefficient (Wildman–Crippen LogP) is -2.31. The van der Waals surface area contributed by atoms with Crippen LogP contribution in [0.3, 0.4) is 0 Å². The number of carbonyl (C=O) groups is 5. The summed E-state index contributed by atoms with van der Waals surface area (Å²) in [5.41, 5.74) is 11.6. The van der Waals surface area contributed by atoms with Crippen molar-refractivity contribution in [2.75, 3.05) is 13.2 Å². The topological polar surface area (TPSA) is 234 Å². The summed E-state index contributed by atoms with van der Waals surface area (Å²) in [7, 11) is 0. The molecule has 0 spiro atoms. The van der Waals surface area contributed by atoms with Crippen LogP contribution in [0.25, 0.3) is 0 Å². The molecule has 0 aliphatic heterocycles. The van der Waals surface area contributed by atoms with E-state index in [1.807, 2.05) is 0 Å². The molecule has 1 aromatic rings. The zero-order valence-electron chi connectivity index (χ0n) is 19.2. The summed E-state index contributed by atoms with van der Waals surface area (Å²) in [6.07, 6.45) is 0.174. The molecule has 35 heavy (non-hydrogen) atoms. The Kier molecular flexibility index (Phi) is 12.9. The second kappa shape index (κ2) is 15.4. The number of amides is 3. The van der Waals surface area contributed by atoms with Gasteiger partial charge in [-0.3, -0.25) is 19.2 Å². The molecule has 1 aromatic carbocycles. The summed E-state index contributed by atoms with van der Waals surface area (Å²) in [4.78, 5) is 60.7. The Bertz CT molecular complexity index is 867. The number of hydrogen-bond donors (Lipinski definition) is 8. The van der Waals surface area contributed by atoms with Crippen molar-refractivity contribution in [1.82, 2.24) is 16.0 Å². The zero-order valence-corrected chi connectivity index (χ0v) is 19.2. The van der Waals surface area contributed by atoms with Gasteiger partial charge in [0.25, 0.3) is 0 Å². The van der Waals surface area contributed by atoms with E-state index in [9.17, 15) is 34.2 Å². The molecule has 0 heterocycles. The van der Waals surface area contributed by atoms with E-state index in [4.69, 9.17) is 16.6 Å². The van der Waals surface area contributed by atoms with Gasteiger partial charge in [0.15, 0.2) is 0 Å². The van der Waals surface area contributed by atoms with Gasteiger partial charge in [-0.05, 0) is 31.4 Å². The lowest BCUT2D eigenvalue weighted by Gasteiger charge is -2.24. The Balaban J connectivity index is 3.04. The normalized spacial score (nSPS) is 14.1. The van der Waals surface area contributed by atoms with Gasteiger partial charge in [-0.25, -0.2) is 4.79 Å². The average molecular weight is 496 g/mol. The van der Waals surface area contributed by atoms with Gasteiger partial charge in [0.1, 0.15) is 24.2 Å². The first-order chi connectivity index (χ1) is 16.6. The third kappa shape index (κ3) is 10.9. The van der Waals surface area contributed by atoms with E-state index < -0.39 is 66.9 Å². The number of carboxylic acids is 2. The Morgan fingerprint density at radius 2 is 1.40 bits per heavy atom. The number of carboxylic acid groups (broad SMARTS) is 2. The highest BCUT2D eigenvalue weighted by Gasteiger charge is 2.31. The summed E-state index contributed by atoms with van der Waals surface area (Å²) in [6, 6.07) is 3.08. The number of aliphatic hydroxyl groups excluding tert-OH is 1. The Morgan fingerprint density at radius 3 is 1.94 bits per heavy atom. The molecule has 0 aromatic heterocycles. The molecule has 10 N–H and O–H groups in total. The average Bonchev–Trinajstić information content (AvgIpc) is 2.82. The van der Waals surface area contributed by atoms with Crippen LogP contribution >= 0.6 is 0 Å². The molecule has 194 valence electrons. The lowest BCUT2D eigenvalue weighted by atomic mass is 10.0. The van der Waals surface area contributed by atoms with Crippen molar-refractivity contribution < 1.29 is 39.3 Å². The predicted molar refractivity (Wildman–Crippen MR) is 124 cm³/mol. The van der Waals surface area contributed by atoms with Gasteiger partial charge in [0.05, 0.1) is 13.0 Å². The number of unbranched alkanes of at least 4 members (excludes halogenated alkanes) is 1. The second-order valence-corrected chi connectivity index (χ2v) is 7.88. The van der Waals surface area contributed by atoms with Gasteiger partial charge in [-0.2, -0.15) is 0 Å². The van der Waals surface area contributed by atoms with Gasteiger partial charge in [-0.1, -0.05) is 30.3 Å². The first-order valence-electron chi connectivity index (χ1n) is 11.0. The van der Waals surface area contributed by atoms with Crippen LogP contribution in [0, 0.1) is 0 Å². The number of aliphatic carboxylic acids is 2. The van der Waals surface area contributed by atoms with Crippen molar-refractivity contribution in [2.24, 2.45) is 11.5 Å². The van der Waals surface area contributed by atoms with Gasteiger partial charge in [0.2, 0.25) is 17.7 Å². The maximum atomic E-state index is 13.0. The smallest absolute Gasteiger partial charge is 0.326 e. The molecule has 4 unspecified atom stereocenters. The maximum Gasteiger partial charge on any atom is 0.326 e. The summed E-state index contributed by atoms with van der Waals surface area (Å²) in [5.74, 6) is -5.44. The van der Waals surface area contributed by atoms with Crippen LogP contribution in [-0.2, 0) is 30.4 Å². The van der Waals surface area contributed by atoms with E-state index >= 15 is 0 Å². The fraction of sp³-hybridized carbons (Fsp3) is 0.500. The van der Waals surface area contributed by atoms with Crippen LogP contribution in [0.2, 0.25) is 0 Å². The van der Waals surface area contributed by atoms with Crippen LogP contribution in [0.1, 0.15) is 31.2 Å². The fourth-order valence-electron chi connectivity index (χ4n) is 3.10. The molecule has 0 aliphatic carbocycles. The summed E-state index contributed by atoms with van der Waals surface area (Å²) in [6.45, 7) is -0.331. The number of nitrogens with one attached hydrogen (secondary N) is 3. The number of hydrogen-bond acceptors (Lipinski definition) is 8. The largest absolute Gasteiger partial charge is 0.481 e.